The summed E-state index contributed by atoms with van der Waals surface area (Å²) >= 11 is 0. The molecule has 0 unspecified atom stereocenters. The number of esters is 1. The smallest absolute Gasteiger partial charge is 0.325 e. The first kappa shape index (κ1) is 30.2. The van der Waals surface area contributed by atoms with Crippen molar-refractivity contribution in [1.29, 1.82) is 0 Å². The molecule has 218 valence electrons. The van der Waals surface area contributed by atoms with Crippen LogP contribution in [0.5, 0.6) is 0 Å². The topological polar surface area (TPSA) is 109 Å². The number of benzene rings is 3. The van der Waals surface area contributed by atoms with Crippen LogP contribution in [0.1, 0.15) is 53.6 Å². The molecule has 9 nitrogen and oxygen atoms in total. The molecule has 3 aromatic rings. The highest BCUT2D eigenvalue weighted by molar-refractivity contribution is 5.80. The van der Waals surface area contributed by atoms with E-state index in [0.29, 0.717) is 13.0 Å². The number of carbonyl (C=O) groups excluding carboxylic acids is 2. The van der Waals surface area contributed by atoms with Crippen molar-refractivity contribution in [3.8, 4) is 0 Å². The van der Waals surface area contributed by atoms with E-state index in [0.717, 1.165) is 35.3 Å². The molecule has 3 aromatic carbocycles. The van der Waals surface area contributed by atoms with Gasteiger partial charge in [-0.3, -0.25) is 9.69 Å². The lowest BCUT2D eigenvalue weighted by molar-refractivity contribution is -0.252. The number of aliphatic hydroxyl groups excluding tert-OH is 1. The molecule has 9 heteroatoms. The van der Waals surface area contributed by atoms with E-state index in [1.165, 1.54) is 5.56 Å². The molecule has 0 aromatic heterocycles. The number of carbonyl (C=O) groups is 2. The molecule has 4 rings (SSSR count). The molecule has 2 amide bonds. The molecular formula is C32H39N3O6. The van der Waals surface area contributed by atoms with Gasteiger partial charge in [-0.1, -0.05) is 78.9 Å². The monoisotopic (exact) mass is 561 g/mol. The number of rotatable bonds is 12. The maximum absolute atomic E-state index is 12.0. The Bertz CT molecular complexity index is 1240. The first-order valence-electron chi connectivity index (χ1n) is 13.9. The summed E-state index contributed by atoms with van der Waals surface area (Å²) in [6.07, 6.45) is -0.0800. The van der Waals surface area contributed by atoms with E-state index in [2.05, 4.69) is 34.7 Å². The minimum Gasteiger partial charge on any atom is -0.465 e. The largest absolute Gasteiger partial charge is 0.465 e. The van der Waals surface area contributed by atoms with Crippen LogP contribution in [0.4, 0.5) is 4.79 Å². The van der Waals surface area contributed by atoms with Crippen molar-refractivity contribution < 1.29 is 28.9 Å². The molecule has 0 saturated carbocycles. The maximum atomic E-state index is 12.0. The number of nitrogens with zero attached hydrogens (tertiary/aromatic N) is 1. The van der Waals surface area contributed by atoms with Gasteiger partial charge in [0.2, 0.25) is 0 Å². The highest BCUT2D eigenvalue weighted by Gasteiger charge is 2.32. The molecule has 3 N–H and O–H groups in total. The van der Waals surface area contributed by atoms with Gasteiger partial charge in [-0.15, -0.1) is 0 Å². The summed E-state index contributed by atoms with van der Waals surface area (Å²) in [5, 5.41) is 14.7. The number of nitrogens with one attached hydrogen (secondary N) is 2. The number of amides is 2. The van der Waals surface area contributed by atoms with Crippen LogP contribution < -0.4 is 10.6 Å². The third-order valence-electron chi connectivity index (χ3n) is 6.83. The Morgan fingerprint density at radius 1 is 0.902 bits per heavy atom. The molecule has 0 spiro atoms. The van der Waals surface area contributed by atoms with Crippen molar-refractivity contribution in [1.82, 2.24) is 15.5 Å². The minimum absolute atomic E-state index is 0.00128. The quantitative estimate of drug-likeness (QED) is 0.284. The Kier molecular flexibility index (Phi) is 11.3. The van der Waals surface area contributed by atoms with E-state index in [1.807, 2.05) is 66.7 Å². The van der Waals surface area contributed by atoms with E-state index in [-0.39, 0.29) is 32.0 Å². The molecule has 0 aliphatic carbocycles. The Balaban J connectivity index is 1.40. The van der Waals surface area contributed by atoms with E-state index in [4.69, 9.17) is 14.2 Å². The second kappa shape index (κ2) is 15.3. The zero-order chi connectivity index (χ0) is 29.0. The Labute approximate surface area is 241 Å². The number of urea groups is 1. The molecule has 0 radical (unpaired) electrons. The van der Waals surface area contributed by atoms with Crippen LogP contribution in [-0.4, -0.2) is 54.9 Å². The highest BCUT2D eigenvalue weighted by Crippen LogP contribution is 2.38. The van der Waals surface area contributed by atoms with Gasteiger partial charge >= 0.3 is 12.0 Å². The normalized spacial score (nSPS) is 18.6. The zero-order valence-electron chi connectivity index (χ0n) is 23.6. The van der Waals surface area contributed by atoms with Crippen molar-refractivity contribution in [2.24, 2.45) is 0 Å². The van der Waals surface area contributed by atoms with Crippen molar-refractivity contribution in [3.63, 3.8) is 0 Å². The molecule has 3 atom stereocenters. The first-order chi connectivity index (χ1) is 19.9. The third-order valence-corrected chi connectivity index (χ3v) is 6.83. The van der Waals surface area contributed by atoms with Crippen LogP contribution >= 0.6 is 0 Å². The Morgan fingerprint density at radius 2 is 1.59 bits per heavy atom. The van der Waals surface area contributed by atoms with Crippen molar-refractivity contribution in [3.05, 3.63) is 107 Å². The number of hydrogen-bond acceptors (Lipinski definition) is 7. The van der Waals surface area contributed by atoms with Crippen LogP contribution in [0, 0.1) is 0 Å². The predicted octanol–water partition coefficient (Wildman–Crippen LogP) is 4.22. The van der Waals surface area contributed by atoms with Gasteiger partial charge in [0.15, 0.2) is 6.29 Å². The lowest BCUT2D eigenvalue weighted by Crippen LogP contribution is -2.38. The van der Waals surface area contributed by atoms with Gasteiger partial charge in [0, 0.05) is 31.6 Å². The molecule has 1 aliphatic heterocycles. The predicted molar refractivity (Wildman–Crippen MR) is 155 cm³/mol. The summed E-state index contributed by atoms with van der Waals surface area (Å²) in [4.78, 5) is 25.7. The van der Waals surface area contributed by atoms with Gasteiger partial charge in [0.05, 0.1) is 25.4 Å². The third kappa shape index (κ3) is 9.40. The van der Waals surface area contributed by atoms with Crippen LogP contribution in [0.3, 0.4) is 0 Å². The second-order valence-electron chi connectivity index (χ2n) is 10.1. The molecule has 0 bridgehead atoms. The molecule has 41 heavy (non-hydrogen) atoms. The number of aliphatic hydroxyl groups is 1. The van der Waals surface area contributed by atoms with Crippen LogP contribution in [0.25, 0.3) is 0 Å². The average molecular weight is 562 g/mol. The lowest BCUT2D eigenvalue weighted by Gasteiger charge is -2.38. The minimum atomic E-state index is -0.559. The zero-order valence-corrected chi connectivity index (χ0v) is 23.6. The Hall–Kier alpha value is -3.76. The van der Waals surface area contributed by atoms with E-state index in [9.17, 15) is 14.7 Å². The summed E-state index contributed by atoms with van der Waals surface area (Å²) < 4.78 is 17.7. The van der Waals surface area contributed by atoms with Crippen LogP contribution in [-0.2, 0) is 38.7 Å². The number of likely N-dealkylation sites (N-methyl/N-ethyl adjacent to an activating group) is 1. The summed E-state index contributed by atoms with van der Waals surface area (Å²) in [5.74, 6) is -0.480. The highest BCUT2D eigenvalue weighted by atomic mass is 16.7. The molecule has 1 heterocycles. The van der Waals surface area contributed by atoms with Gasteiger partial charge in [0.25, 0.3) is 0 Å². The standard InChI is InChI=1S/C32H39N3O6/c1-3-39-30(37)19-34-32(38)33-18-23-9-15-27(16-10-23)31-40-28(21-35(2)20-24-7-5-4-6-8-24)17-29(41-31)26-13-11-25(22-36)12-14-26/h4-16,28-29,31,36H,3,17-22H2,1-2H3,(H2,33,34,38)/t28-,29+,31+/m0/s1. The number of ether oxygens (including phenoxy) is 3. The van der Waals surface area contributed by atoms with Gasteiger partial charge in [-0.05, 0) is 36.2 Å². The number of hydrogen-bond donors (Lipinski definition) is 3. The van der Waals surface area contributed by atoms with Gasteiger partial charge in [-0.2, -0.15) is 0 Å². The van der Waals surface area contributed by atoms with E-state index in [1.54, 1.807) is 6.92 Å². The SMILES string of the molecule is CCOC(=O)CNC(=O)NCc1ccc([C@@H]2O[C@H](CN(C)Cc3ccccc3)C[C@H](c3ccc(CO)cc3)O2)cc1. The van der Waals surface area contributed by atoms with Gasteiger partial charge in [0.1, 0.15) is 6.54 Å². The Morgan fingerprint density at radius 3 is 2.27 bits per heavy atom. The summed E-state index contributed by atoms with van der Waals surface area (Å²) in [7, 11) is 2.09. The average Bonchev–Trinajstić information content (AvgIpc) is 2.99. The van der Waals surface area contributed by atoms with Crippen molar-refractivity contribution >= 4 is 12.0 Å². The molecule has 1 saturated heterocycles. The molecule has 1 fully saturated rings. The summed E-state index contributed by atoms with van der Waals surface area (Å²) in [6.45, 7) is 3.66. The molecule has 1 aliphatic rings. The van der Waals surface area contributed by atoms with Crippen LogP contribution in [0.2, 0.25) is 0 Å². The fourth-order valence-corrected chi connectivity index (χ4v) is 4.74. The summed E-state index contributed by atoms with van der Waals surface area (Å²) in [5.41, 5.74) is 4.92. The molecular weight excluding hydrogens is 522 g/mol. The fourth-order valence-electron chi connectivity index (χ4n) is 4.74. The van der Waals surface area contributed by atoms with Crippen molar-refractivity contribution in [2.75, 3.05) is 26.7 Å². The second-order valence-corrected chi connectivity index (χ2v) is 10.1. The van der Waals surface area contributed by atoms with Crippen LogP contribution in [0.15, 0.2) is 78.9 Å². The van der Waals surface area contributed by atoms with Gasteiger partial charge in [-0.25, -0.2) is 4.79 Å². The van der Waals surface area contributed by atoms with Crippen molar-refractivity contribution in [2.45, 2.75) is 51.5 Å². The van der Waals surface area contributed by atoms with Gasteiger partial charge < -0.3 is 30.0 Å². The van der Waals surface area contributed by atoms with E-state index < -0.39 is 18.3 Å². The fraction of sp³-hybridized carbons (Fsp3) is 0.375. The lowest BCUT2D eigenvalue weighted by atomic mass is 9.99. The first-order valence-corrected chi connectivity index (χ1v) is 13.9. The maximum Gasteiger partial charge on any atom is 0.325 e. The van der Waals surface area contributed by atoms with E-state index >= 15 is 0 Å². The summed E-state index contributed by atoms with van der Waals surface area (Å²) in [6, 6.07) is 25.5.